The lowest BCUT2D eigenvalue weighted by molar-refractivity contribution is -0.143. The van der Waals surface area contributed by atoms with Crippen LogP contribution in [-0.2, 0) is 68.8 Å². The van der Waals surface area contributed by atoms with Crippen molar-refractivity contribution in [1.29, 1.82) is 0 Å². The molecule has 0 aliphatic carbocycles. The van der Waals surface area contributed by atoms with Crippen LogP contribution in [0.5, 0.6) is 0 Å². The molecule has 466 valence electrons. The lowest BCUT2D eigenvalue weighted by atomic mass is 9.87. The number of alkyl carbamates (subject to hydrolysis) is 2. The number of hydrogen-bond acceptors (Lipinski definition) is 15. The van der Waals surface area contributed by atoms with Crippen LogP contribution >= 0.6 is 0 Å². The Kier molecular flexibility index (Phi) is 30.5. The number of aryl methyl sites for hydroxylation is 1. The van der Waals surface area contributed by atoms with E-state index in [9.17, 15) is 48.3 Å². The Morgan fingerprint density at radius 1 is 0.607 bits per heavy atom. The number of carbonyl (C=O) groups excluding carboxylic acids is 7. The van der Waals surface area contributed by atoms with Crippen LogP contribution in [-0.4, -0.2) is 133 Å². The second-order valence-corrected chi connectivity index (χ2v) is 24.7. The van der Waals surface area contributed by atoms with Gasteiger partial charge in [0.2, 0.25) is 11.8 Å². The number of unbranched alkanes of at least 4 members (excludes halogenated alkanes) is 2. The van der Waals surface area contributed by atoms with Crippen LogP contribution in [0, 0.1) is 23.7 Å². The van der Waals surface area contributed by atoms with E-state index in [0.717, 1.165) is 11.1 Å². The number of carbonyl (C=O) groups is 9. The zero-order valence-electron chi connectivity index (χ0n) is 51.1. The Morgan fingerprint density at radius 3 is 1.77 bits per heavy atom. The summed E-state index contributed by atoms with van der Waals surface area (Å²) in [6.45, 7) is 19.1. The first kappa shape index (κ1) is 71.2. The Bertz CT molecular complexity index is 2560. The van der Waals surface area contributed by atoms with Gasteiger partial charge in [0.15, 0.2) is 17.3 Å². The molecule has 22 heteroatoms. The molecule has 0 radical (unpaired) electrons. The van der Waals surface area contributed by atoms with Gasteiger partial charge in [-0.25, -0.2) is 19.1 Å². The number of aromatic nitrogens is 3. The molecule has 1 aromatic heterocycles. The average molecular weight is 1170 g/mol. The normalized spacial score (nSPS) is 14.2. The minimum absolute atomic E-state index is 0.00914. The van der Waals surface area contributed by atoms with Gasteiger partial charge in [-0.3, -0.25) is 28.8 Å². The van der Waals surface area contributed by atoms with Gasteiger partial charge < -0.3 is 52.0 Å². The standard InChI is InChI=1S/C62H95N9O13/c1-40(2)31-44(35-53(73)50(32-41(3)4)67-55(75)28-27-52(72)51(69-60(82)84-62(8,9)10)37-46-39-66-70-71(46)30-20-18-25-47(63)57(77)78)38-65-49(34-43-23-15-12-16-24-43)54(74)36-45(33-42-21-13-11-14-22-42)56(76)68-48(58(79)80)26-17-19-29-64-59(81)83-61(5,6)7/h11-16,21-24,39-41,44-45,47-51,65H,17-20,25-38,63H2,1-10H3,(H,64,81)(H,67,75)(H,68,76)(H,69,82)(H,77,78)(H,79,80)/t44-,45-,47-,48+,49+,50+,51+/m0/s1. The van der Waals surface area contributed by atoms with Gasteiger partial charge in [-0.1, -0.05) is 93.6 Å². The number of carboxylic acid groups (broad SMARTS) is 2. The molecule has 0 saturated heterocycles. The zero-order valence-corrected chi connectivity index (χ0v) is 51.1. The van der Waals surface area contributed by atoms with Crippen LogP contribution in [0.2, 0.25) is 0 Å². The van der Waals surface area contributed by atoms with Crippen molar-refractivity contribution in [1.82, 2.24) is 41.6 Å². The van der Waals surface area contributed by atoms with E-state index in [0.29, 0.717) is 50.8 Å². The Labute approximate surface area is 495 Å². The first-order valence-electron chi connectivity index (χ1n) is 29.5. The van der Waals surface area contributed by atoms with Crippen molar-refractivity contribution < 1.29 is 62.8 Å². The number of ketones is 3. The number of benzene rings is 2. The smallest absolute Gasteiger partial charge is 0.408 e. The molecule has 2 aromatic carbocycles. The number of ether oxygens (including phenoxy) is 2. The molecule has 0 saturated carbocycles. The summed E-state index contributed by atoms with van der Waals surface area (Å²) in [7, 11) is 0. The molecular formula is C62H95N9O13. The fourth-order valence-corrected chi connectivity index (χ4v) is 9.56. The quantitative estimate of drug-likeness (QED) is 0.0264. The molecule has 0 aliphatic rings. The van der Waals surface area contributed by atoms with Crippen molar-refractivity contribution in [2.75, 3.05) is 13.1 Å². The molecule has 7 atom stereocenters. The average Bonchev–Trinajstić information content (AvgIpc) is 4.04. The summed E-state index contributed by atoms with van der Waals surface area (Å²) in [5, 5.41) is 41.8. The van der Waals surface area contributed by atoms with Crippen molar-refractivity contribution in [2.45, 2.75) is 214 Å². The second kappa shape index (κ2) is 35.9. The number of nitrogens with one attached hydrogen (secondary N) is 5. The van der Waals surface area contributed by atoms with Gasteiger partial charge in [0.05, 0.1) is 30.0 Å². The van der Waals surface area contributed by atoms with Crippen LogP contribution in [0.4, 0.5) is 9.59 Å². The fourth-order valence-electron chi connectivity index (χ4n) is 9.56. The molecule has 0 bridgehead atoms. The van der Waals surface area contributed by atoms with Gasteiger partial charge in [-0.05, 0) is 141 Å². The topological polar surface area (TPSA) is 329 Å². The Hall–Kier alpha value is -7.07. The molecule has 0 aliphatic heterocycles. The van der Waals surface area contributed by atoms with Gasteiger partial charge >= 0.3 is 24.1 Å². The molecule has 9 N–H and O–H groups in total. The minimum atomic E-state index is -1.25. The van der Waals surface area contributed by atoms with Gasteiger partial charge in [0.1, 0.15) is 23.3 Å². The molecule has 4 amide bonds. The van der Waals surface area contributed by atoms with Crippen molar-refractivity contribution in [3.8, 4) is 0 Å². The molecule has 3 aromatic rings. The summed E-state index contributed by atoms with van der Waals surface area (Å²) in [6, 6.07) is 13.5. The summed E-state index contributed by atoms with van der Waals surface area (Å²) >= 11 is 0. The number of Topliss-reactive ketones (excluding diaryl/α,β-unsaturated/α-hetero) is 3. The Morgan fingerprint density at radius 2 is 1.19 bits per heavy atom. The number of hydrogen-bond donors (Lipinski definition) is 8. The molecule has 0 spiro atoms. The van der Waals surface area contributed by atoms with E-state index >= 15 is 0 Å². The highest BCUT2D eigenvalue weighted by atomic mass is 16.6. The van der Waals surface area contributed by atoms with Gasteiger partial charge in [-0.15, -0.1) is 5.10 Å². The maximum Gasteiger partial charge on any atom is 0.408 e. The van der Waals surface area contributed by atoms with E-state index in [4.69, 9.17) is 20.3 Å². The van der Waals surface area contributed by atoms with Crippen molar-refractivity contribution >= 4 is 53.3 Å². The zero-order chi connectivity index (χ0) is 62.6. The largest absolute Gasteiger partial charge is 0.480 e. The lowest BCUT2D eigenvalue weighted by Crippen LogP contribution is -2.47. The summed E-state index contributed by atoms with van der Waals surface area (Å²) in [5.74, 6) is -5.50. The van der Waals surface area contributed by atoms with Gasteiger partial charge in [0.25, 0.3) is 0 Å². The molecule has 3 rings (SSSR count). The highest BCUT2D eigenvalue weighted by Crippen LogP contribution is 2.22. The summed E-state index contributed by atoms with van der Waals surface area (Å²) < 4.78 is 12.3. The van der Waals surface area contributed by atoms with Crippen molar-refractivity contribution in [3.63, 3.8) is 0 Å². The molecule has 22 nitrogen and oxygen atoms in total. The number of aliphatic carboxylic acids is 2. The van der Waals surface area contributed by atoms with Crippen LogP contribution in [0.1, 0.15) is 163 Å². The lowest BCUT2D eigenvalue weighted by Gasteiger charge is -2.27. The number of amides is 4. The summed E-state index contributed by atoms with van der Waals surface area (Å²) in [4.78, 5) is 120. The van der Waals surface area contributed by atoms with Crippen LogP contribution < -0.4 is 32.3 Å². The first-order chi connectivity index (χ1) is 39.5. The fraction of sp³-hybridized carbons (Fsp3) is 0.629. The third kappa shape index (κ3) is 29.4. The van der Waals surface area contributed by atoms with Crippen LogP contribution in [0.3, 0.4) is 0 Å². The highest BCUT2D eigenvalue weighted by Gasteiger charge is 2.33. The molecule has 84 heavy (non-hydrogen) atoms. The molecular weight excluding hydrogens is 1080 g/mol. The SMILES string of the molecule is CC(C)C[C@H](CN[C@H](Cc1ccccc1)C(=O)C[C@H](Cc1ccccc1)C(=O)N[C@H](CCCCNC(=O)OC(C)(C)C)C(=O)O)CC(=O)[C@@H](CC(C)C)NC(=O)CCC(=O)[C@@H](Cc1cnnn1CCCC[C@H](N)C(=O)O)NC(=O)OC(C)(C)C. The van der Waals surface area contributed by atoms with E-state index in [-0.39, 0.29) is 100 Å². The molecule has 0 fully saturated rings. The van der Waals surface area contributed by atoms with E-state index in [2.05, 4.69) is 36.9 Å². The van der Waals surface area contributed by atoms with E-state index in [1.807, 2.05) is 88.4 Å². The third-order valence-corrected chi connectivity index (χ3v) is 13.6. The second-order valence-electron chi connectivity index (χ2n) is 24.7. The maximum absolute atomic E-state index is 14.7. The predicted octanol–water partition coefficient (Wildman–Crippen LogP) is 7.08. The van der Waals surface area contributed by atoms with E-state index in [1.54, 1.807) is 46.2 Å². The first-order valence-corrected chi connectivity index (χ1v) is 29.5. The summed E-state index contributed by atoms with van der Waals surface area (Å²) in [5.41, 5.74) is 6.26. The summed E-state index contributed by atoms with van der Waals surface area (Å²) in [6.07, 6.45) is 2.76. The molecule has 1 heterocycles. The minimum Gasteiger partial charge on any atom is -0.480 e. The maximum atomic E-state index is 14.7. The van der Waals surface area contributed by atoms with Crippen LogP contribution in [0.15, 0.2) is 66.9 Å². The van der Waals surface area contributed by atoms with Crippen molar-refractivity contribution in [2.24, 2.45) is 29.4 Å². The van der Waals surface area contributed by atoms with Gasteiger partial charge in [-0.2, -0.15) is 0 Å². The number of nitrogens with two attached hydrogens (primary N) is 1. The molecule has 0 unspecified atom stereocenters. The van der Waals surface area contributed by atoms with Gasteiger partial charge in [0, 0.05) is 51.1 Å². The highest BCUT2D eigenvalue weighted by molar-refractivity contribution is 5.93. The van der Waals surface area contributed by atoms with E-state index in [1.165, 1.54) is 6.20 Å². The van der Waals surface area contributed by atoms with E-state index < -0.39 is 89.1 Å². The monoisotopic (exact) mass is 1170 g/mol. The Balaban J connectivity index is 1.78. The van der Waals surface area contributed by atoms with Crippen LogP contribution in [0.25, 0.3) is 0 Å². The van der Waals surface area contributed by atoms with Crippen molar-refractivity contribution in [3.05, 3.63) is 83.7 Å². The predicted molar refractivity (Wildman–Crippen MR) is 317 cm³/mol. The number of rotatable bonds is 39. The number of carboxylic acids is 2. The number of nitrogens with zero attached hydrogens (tertiary/aromatic N) is 3. The third-order valence-electron chi connectivity index (χ3n) is 13.6.